The van der Waals surface area contributed by atoms with Crippen molar-refractivity contribution >= 4 is 33.9 Å². The molecule has 164 valence electrons. The monoisotopic (exact) mass is 439 g/mol. The fourth-order valence-electron chi connectivity index (χ4n) is 4.29. The summed E-state index contributed by atoms with van der Waals surface area (Å²) in [4.78, 5) is 27.9. The SMILES string of the molecule is COc1ccc(N2C(=O)C(=O)/C(=C(\O)c3cccc4ccccc34)C2c2ccc(C)o2)cc1. The molecule has 1 N–H and O–H groups in total. The second-order valence-corrected chi connectivity index (χ2v) is 7.84. The van der Waals surface area contributed by atoms with Gasteiger partial charge in [0.2, 0.25) is 0 Å². The molecule has 1 unspecified atom stereocenters. The highest BCUT2D eigenvalue weighted by atomic mass is 16.5. The number of carbonyl (C=O) groups is 2. The van der Waals surface area contributed by atoms with Crippen LogP contribution in [0, 0.1) is 6.92 Å². The maximum Gasteiger partial charge on any atom is 0.300 e. The van der Waals surface area contributed by atoms with Crippen LogP contribution in [-0.4, -0.2) is 23.9 Å². The Morgan fingerprint density at radius 2 is 1.67 bits per heavy atom. The number of hydrogen-bond donors (Lipinski definition) is 1. The molecule has 33 heavy (non-hydrogen) atoms. The van der Waals surface area contributed by atoms with E-state index in [-0.39, 0.29) is 11.3 Å². The first-order chi connectivity index (χ1) is 16.0. The van der Waals surface area contributed by atoms with E-state index >= 15 is 0 Å². The molecule has 2 heterocycles. The van der Waals surface area contributed by atoms with Gasteiger partial charge in [-0.05, 0) is 54.1 Å². The van der Waals surface area contributed by atoms with Crippen molar-refractivity contribution in [2.24, 2.45) is 0 Å². The van der Waals surface area contributed by atoms with Crippen LogP contribution in [0.25, 0.3) is 16.5 Å². The first kappa shape index (κ1) is 20.6. The normalized spacial score (nSPS) is 17.6. The van der Waals surface area contributed by atoms with Gasteiger partial charge in [0, 0.05) is 11.3 Å². The number of benzene rings is 3. The highest BCUT2D eigenvalue weighted by Gasteiger charge is 2.48. The molecule has 3 aromatic carbocycles. The lowest BCUT2D eigenvalue weighted by Crippen LogP contribution is -2.29. The number of ketones is 1. The number of anilines is 1. The van der Waals surface area contributed by atoms with Crippen LogP contribution >= 0.6 is 0 Å². The van der Waals surface area contributed by atoms with E-state index in [1.54, 1.807) is 56.5 Å². The third-order valence-corrected chi connectivity index (χ3v) is 5.87. The van der Waals surface area contributed by atoms with Gasteiger partial charge in [0.1, 0.15) is 29.1 Å². The highest BCUT2D eigenvalue weighted by molar-refractivity contribution is 6.51. The van der Waals surface area contributed by atoms with Gasteiger partial charge in [-0.3, -0.25) is 14.5 Å². The molecule has 0 radical (unpaired) electrons. The number of amides is 1. The van der Waals surface area contributed by atoms with Crippen LogP contribution in [0.3, 0.4) is 0 Å². The fraction of sp³-hybridized carbons (Fsp3) is 0.111. The van der Waals surface area contributed by atoms with Gasteiger partial charge >= 0.3 is 0 Å². The zero-order valence-corrected chi connectivity index (χ0v) is 18.1. The summed E-state index contributed by atoms with van der Waals surface area (Å²) in [6.45, 7) is 1.79. The summed E-state index contributed by atoms with van der Waals surface area (Å²) in [6.07, 6.45) is 0. The average Bonchev–Trinajstić information content (AvgIpc) is 3.39. The van der Waals surface area contributed by atoms with E-state index in [1.165, 1.54) is 4.90 Å². The Hall–Kier alpha value is -4.32. The summed E-state index contributed by atoms with van der Waals surface area (Å²) in [6, 6.07) is 22.4. The molecule has 1 saturated heterocycles. The van der Waals surface area contributed by atoms with E-state index in [4.69, 9.17) is 9.15 Å². The Labute approximate surface area is 190 Å². The van der Waals surface area contributed by atoms with Crippen LogP contribution in [0.1, 0.15) is 23.1 Å². The molecule has 6 nitrogen and oxygen atoms in total. The number of aryl methyl sites for hydroxylation is 1. The Kier molecular flexibility index (Phi) is 4.98. The Balaban J connectivity index is 1.74. The van der Waals surface area contributed by atoms with Crippen LogP contribution in [0.5, 0.6) is 5.75 Å². The van der Waals surface area contributed by atoms with Crippen molar-refractivity contribution in [1.82, 2.24) is 0 Å². The molecule has 1 fully saturated rings. The minimum Gasteiger partial charge on any atom is -0.507 e. The summed E-state index contributed by atoms with van der Waals surface area (Å²) >= 11 is 0. The second kappa shape index (κ2) is 7.98. The van der Waals surface area contributed by atoms with Crippen molar-refractivity contribution < 1.29 is 23.8 Å². The van der Waals surface area contributed by atoms with Crippen molar-refractivity contribution in [3.63, 3.8) is 0 Å². The molecule has 4 aromatic rings. The lowest BCUT2D eigenvalue weighted by molar-refractivity contribution is -0.132. The van der Waals surface area contributed by atoms with Crippen LogP contribution in [0.4, 0.5) is 5.69 Å². The number of carbonyl (C=O) groups excluding carboxylic acids is 2. The van der Waals surface area contributed by atoms with Crippen molar-refractivity contribution in [2.45, 2.75) is 13.0 Å². The molecule has 1 atom stereocenters. The second-order valence-electron chi connectivity index (χ2n) is 7.84. The van der Waals surface area contributed by atoms with E-state index in [0.717, 1.165) is 10.8 Å². The standard InChI is InChI=1S/C27H21NO5/c1-16-10-15-22(33-16)24-23(25(29)21-9-5-7-17-6-3-4-8-20(17)21)26(30)27(31)28(24)18-11-13-19(32-2)14-12-18/h3-15,24,29H,1-2H3/b25-23-. The maximum absolute atomic E-state index is 13.3. The molecule has 0 aliphatic carbocycles. The lowest BCUT2D eigenvalue weighted by atomic mass is 9.96. The molecular formula is C27H21NO5. The number of nitrogens with zero attached hydrogens (tertiary/aromatic N) is 1. The van der Waals surface area contributed by atoms with Gasteiger partial charge in [-0.25, -0.2) is 0 Å². The lowest BCUT2D eigenvalue weighted by Gasteiger charge is -2.23. The van der Waals surface area contributed by atoms with E-state index < -0.39 is 17.7 Å². The summed E-state index contributed by atoms with van der Waals surface area (Å²) in [7, 11) is 1.55. The molecule has 1 aliphatic rings. The van der Waals surface area contributed by atoms with Gasteiger partial charge in [0.25, 0.3) is 11.7 Å². The number of ether oxygens (including phenoxy) is 1. The minimum absolute atomic E-state index is 0.0125. The molecule has 1 aromatic heterocycles. The van der Waals surface area contributed by atoms with E-state index in [0.29, 0.717) is 28.5 Å². The van der Waals surface area contributed by atoms with Gasteiger partial charge in [0.15, 0.2) is 0 Å². The Morgan fingerprint density at radius 1 is 0.939 bits per heavy atom. The van der Waals surface area contributed by atoms with Crippen LogP contribution in [-0.2, 0) is 9.59 Å². The Bertz CT molecular complexity index is 1410. The summed E-state index contributed by atoms with van der Waals surface area (Å²) in [5, 5.41) is 13.1. The van der Waals surface area contributed by atoms with Gasteiger partial charge in [-0.2, -0.15) is 0 Å². The fourth-order valence-corrected chi connectivity index (χ4v) is 4.29. The predicted octanol–water partition coefficient (Wildman–Crippen LogP) is 5.38. The molecule has 1 aliphatic heterocycles. The molecule has 6 heteroatoms. The summed E-state index contributed by atoms with van der Waals surface area (Å²) in [5.41, 5.74) is 0.963. The summed E-state index contributed by atoms with van der Waals surface area (Å²) in [5.74, 6) is -0.0900. The highest BCUT2D eigenvalue weighted by Crippen LogP contribution is 2.43. The molecule has 0 saturated carbocycles. The van der Waals surface area contributed by atoms with Crippen LogP contribution < -0.4 is 9.64 Å². The average molecular weight is 439 g/mol. The molecule has 5 rings (SSSR count). The smallest absolute Gasteiger partial charge is 0.300 e. The van der Waals surface area contributed by atoms with E-state index in [9.17, 15) is 14.7 Å². The van der Waals surface area contributed by atoms with Crippen molar-refractivity contribution in [3.8, 4) is 5.75 Å². The van der Waals surface area contributed by atoms with Crippen LogP contribution in [0.2, 0.25) is 0 Å². The largest absolute Gasteiger partial charge is 0.507 e. The van der Waals surface area contributed by atoms with Gasteiger partial charge in [0.05, 0.1) is 12.7 Å². The number of methoxy groups -OCH3 is 1. The zero-order chi connectivity index (χ0) is 23.1. The zero-order valence-electron chi connectivity index (χ0n) is 18.1. The van der Waals surface area contributed by atoms with E-state index in [2.05, 4.69) is 0 Å². The molecular weight excluding hydrogens is 418 g/mol. The maximum atomic E-state index is 13.3. The first-order valence-electron chi connectivity index (χ1n) is 10.5. The van der Waals surface area contributed by atoms with Gasteiger partial charge in [-0.1, -0.05) is 42.5 Å². The number of rotatable bonds is 4. The number of hydrogen-bond acceptors (Lipinski definition) is 5. The molecule has 0 spiro atoms. The number of aliphatic hydroxyl groups excluding tert-OH is 1. The quantitative estimate of drug-likeness (QED) is 0.262. The van der Waals surface area contributed by atoms with Crippen LogP contribution in [0.15, 0.2) is 88.9 Å². The number of furan rings is 1. The first-order valence-corrected chi connectivity index (χ1v) is 10.5. The minimum atomic E-state index is -0.911. The van der Waals surface area contributed by atoms with Crippen molar-refractivity contribution in [2.75, 3.05) is 12.0 Å². The molecule has 1 amide bonds. The topological polar surface area (TPSA) is 80.0 Å². The number of fused-ring (bicyclic) bond motifs is 1. The predicted molar refractivity (Wildman–Crippen MR) is 125 cm³/mol. The third-order valence-electron chi connectivity index (χ3n) is 5.87. The summed E-state index contributed by atoms with van der Waals surface area (Å²) < 4.78 is 11.1. The van der Waals surface area contributed by atoms with Crippen molar-refractivity contribution in [3.05, 3.63) is 102 Å². The third kappa shape index (κ3) is 3.36. The number of Topliss-reactive ketones (excluding diaryl/α,β-unsaturated/α-hetero) is 1. The van der Waals surface area contributed by atoms with E-state index in [1.807, 2.05) is 36.4 Å². The van der Waals surface area contributed by atoms with Gasteiger partial charge < -0.3 is 14.3 Å². The Morgan fingerprint density at radius 3 is 2.36 bits per heavy atom. The number of aliphatic hydroxyl groups is 1. The van der Waals surface area contributed by atoms with Crippen molar-refractivity contribution in [1.29, 1.82) is 0 Å². The molecule has 0 bridgehead atoms. The van der Waals surface area contributed by atoms with Gasteiger partial charge in [-0.15, -0.1) is 0 Å².